The van der Waals surface area contributed by atoms with Gasteiger partial charge in [-0.15, -0.1) is 0 Å². The Balaban J connectivity index is 1.45. The Morgan fingerprint density at radius 2 is 1.98 bits per heavy atom. The first-order chi connectivity index (χ1) is 20.0. The minimum atomic E-state index is -4.60. The monoisotopic (exact) mass is 599 g/mol. The molecule has 3 aromatic heterocycles. The summed E-state index contributed by atoms with van der Waals surface area (Å²) in [6, 6.07) is 9.27. The van der Waals surface area contributed by atoms with Crippen LogP contribution in [0.15, 0.2) is 42.7 Å². The number of ether oxygens (including phenoxy) is 1. The summed E-state index contributed by atoms with van der Waals surface area (Å²) in [5.74, 6) is 0.932. The topological polar surface area (TPSA) is 105 Å². The third kappa shape index (κ3) is 6.79. The smallest absolute Gasteiger partial charge is 0.433 e. The number of rotatable bonds is 9. The Hall–Kier alpha value is -3.84. The zero-order valence-electron chi connectivity index (χ0n) is 23.7. The second-order valence-corrected chi connectivity index (χ2v) is 11.8. The van der Waals surface area contributed by atoms with Gasteiger partial charge in [0.25, 0.3) is 0 Å². The summed E-state index contributed by atoms with van der Waals surface area (Å²) in [5, 5.41) is 6.39. The van der Waals surface area contributed by atoms with Gasteiger partial charge >= 0.3 is 6.18 Å². The van der Waals surface area contributed by atoms with Crippen LogP contribution in [0.25, 0.3) is 21.5 Å². The van der Waals surface area contributed by atoms with E-state index in [4.69, 9.17) is 4.74 Å². The lowest BCUT2D eigenvalue weighted by molar-refractivity contribution is -0.141. The molecule has 0 unspecified atom stereocenters. The highest BCUT2D eigenvalue weighted by molar-refractivity contribution is 7.22. The van der Waals surface area contributed by atoms with E-state index in [1.807, 2.05) is 13.0 Å². The van der Waals surface area contributed by atoms with E-state index in [2.05, 4.69) is 49.3 Å². The SMILES string of the molecule is CC(=O)Nc1nc2c(Oc3cc(-c4ccc(C(F)(F)F)nc4N[C@H](C)[C@H]4CCCN4CC(C)C)ncn3)cccc2s1. The third-order valence-electron chi connectivity index (χ3n) is 6.94. The first-order valence-electron chi connectivity index (χ1n) is 13.7. The van der Waals surface area contributed by atoms with Crippen molar-refractivity contribution in [3.63, 3.8) is 0 Å². The van der Waals surface area contributed by atoms with Crippen molar-refractivity contribution in [3.05, 3.63) is 48.4 Å². The summed E-state index contributed by atoms with van der Waals surface area (Å²) in [5.41, 5.74) is 0.310. The highest BCUT2D eigenvalue weighted by Crippen LogP contribution is 2.37. The van der Waals surface area contributed by atoms with Gasteiger partial charge in [0, 0.05) is 37.2 Å². The van der Waals surface area contributed by atoms with E-state index >= 15 is 0 Å². The molecule has 42 heavy (non-hydrogen) atoms. The van der Waals surface area contributed by atoms with Crippen molar-refractivity contribution in [1.82, 2.24) is 24.8 Å². The van der Waals surface area contributed by atoms with Crippen LogP contribution in [0, 0.1) is 5.92 Å². The number of fused-ring (bicyclic) bond motifs is 1. The molecule has 4 heterocycles. The highest BCUT2D eigenvalue weighted by Gasteiger charge is 2.35. The normalized spacial score (nSPS) is 16.6. The molecule has 222 valence electrons. The molecule has 1 aromatic carbocycles. The number of hydrogen-bond acceptors (Lipinski definition) is 9. The molecule has 4 aromatic rings. The molecule has 0 radical (unpaired) electrons. The minimum Gasteiger partial charge on any atom is -0.437 e. The van der Waals surface area contributed by atoms with Gasteiger partial charge in [0.2, 0.25) is 11.8 Å². The molecule has 5 rings (SSSR count). The number of carbonyl (C=O) groups is 1. The van der Waals surface area contributed by atoms with Crippen molar-refractivity contribution < 1.29 is 22.7 Å². The summed E-state index contributed by atoms with van der Waals surface area (Å²) >= 11 is 1.31. The maximum absolute atomic E-state index is 13.7. The van der Waals surface area contributed by atoms with Crippen LogP contribution in [0.5, 0.6) is 11.6 Å². The average molecular weight is 600 g/mol. The Kier molecular flexibility index (Phi) is 8.60. The number of amides is 1. The van der Waals surface area contributed by atoms with E-state index in [-0.39, 0.29) is 29.7 Å². The predicted octanol–water partition coefficient (Wildman–Crippen LogP) is 6.84. The number of aromatic nitrogens is 4. The molecule has 2 atom stereocenters. The van der Waals surface area contributed by atoms with Gasteiger partial charge in [-0.2, -0.15) is 13.2 Å². The Labute approximate surface area is 245 Å². The van der Waals surface area contributed by atoms with Gasteiger partial charge < -0.3 is 15.4 Å². The van der Waals surface area contributed by atoms with Crippen LogP contribution in [0.2, 0.25) is 0 Å². The van der Waals surface area contributed by atoms with E-state index in [1.54, 1.807) is 18.2 Å². The van der Waals surface area contributed by atoms with E-state index in [9.17, 15) is 18.0 Å². The van der Waals surface area contributed by atoms with Crippen molar-refractivity contribution >= 4 is 38.4 Å². The second kappa shape index (κ2) is 12.2. The standard InChI is InChI=1S/C29H32F3N7O2S/c1-16(2)14-39-12-6-7-21(39)17(3)35-27-19(10-11-24(37-27)29(30,31)32)20-13-25(34-15-33-20)41-22-8-5-9-23-26(22)38-28(42-23)36-18(4)40/h5,8-11,13,15-17,21H,6-7,12,14H2,1-4H3,(H,35,37)(H,36,38,40)/t17-,21-/m1/s1. The van der Waals surface area contributed by atoms with E-state index in [0.29, 0.717) is 33.6 Å². The molecule has 1 aliphatic rings. The lowest BCUT2D eigenvalue weighted by Gasteiger charge is -2.32. The lowest BCUT2D eigenvalue weighted by atomic mass is 10.0. The first-order valence-corrected chi connectivity index (χ1v) is 14.6. The van der Waals surface area contributed by atoms with Crippen LogP contribution < -0.4 is 15.4 Å². The number of para-hydroxylation sites is 1. The zero-order valence-corrected chi connectivity index (χ0v) is 24.5. The molecule has 0 saturated carbocycles. The van der Waals surface area contributed by atoms with E-state index in [0.717, 1.165) is 36.7 Å². The zero-order chi connectivity index (χ0) is 30.0. The lowest BCUT2D eigenvalue weighted by Crippen LogP contribution is -2.43. The number of nitrogens with zero attached hydrogens (tertiary/aromatic N) is 5. The van der Waals surface area contributed by atoms with E-state index in [1.165, 1.54) is 30.7 Å². The summed E-state index contributed by atoms with van der Waals surface area (Å²) in [6.45, 7) is 9.58. The number of nitrogens with one attached hydrogen (secondary N) is 2. The fourth-order valence-electron chi connectivity index (χ4n) is 5.22. The Bertz CT molecular complexity index is 1580. The molecule has 1 aliphatic heterocycles. The van der Waals surface area contributed by atoms with Crippen molar-refractivity contribution in [2.45, 2.75) is 58.8 Å². The number of halogens is 3. The van der Waals surface area contributed by atoms with Crippen molar-refractivity contribution in [2.75, 3.05) is 23.7 Å². The average Bonchev–Trinajstić information content (AvgIpc) is 3.54. The molecule has 1 amide bonds. The van der Waals surface area contributed by atoms with Gasteiger partial charge in [0.1, 0.15) is 23.4 Å². The number of benzene rings is 1. The molecule has 1 saturated heterocycles. The molecule has 9 nitrogen and oxygen atoms in total. The van der Waals surface area contributed by atoms with Crippen LogP contribution in [0.1, 0.15) is 46.2 Å². The quantitative estimate of drug-likeness (QED) is 0.216. The van der Waals surface area contributed by atoms with Gasteiger partial charge in [-0.1, -0.05) is 31.3 Å². The number of likely N-dealkylation sites (tertiary alicyclic amines) is 1. The predicted molar refractivity (Wildman–Crippen MR) is 157 cm³/mol. The summed E-state index contributed by atoms with van der Waals surface area (Å²) in [4.78, 5) is 30.9. The Morgan fingerprint density at radius 3 is 2.71 bits per heavy atom. The maximum atomic E-state index is 13.7. The summed E-state index contributed by atoms with van der Waals surface area (Å²) in [7, 11) is 0. The van der Waals surface area contributed by atoms with Crippen LogP contribution >= 0.6 is 11.3 Å². The second-order valence-electron chi connectivity index (χ2n) is 10.8. The molecular formula is C29H32F3N7O2S. The number of anilines is 2. The molecule has 0 bridgehead atoms. The molecule has 2 N–H and O–H groups in total. The highest BCUT2D eigenvalue weighted by atomic mass is 32.1. The van der Waals surface area contributed by atoms with Crippen LogP contribution in [-0.4, -0.2) is 55.9 Å². The largest absolute Gasteiger partial charge is 0.437 e. The van der Waals surface area contributed by atoms with Crippen LogP contribution in [-0.2, 0) is 11.0 Å². The number of thiazole rings is 1. The maximum Gasteiger partial charge on any atom is 0.433 e. The minimum absolute atomic E-state index is 0.0972. The molecule has 1 fully saturated rings. The van der Waals surface area contributed by atoms with Gasteiger partial charge in [0.05, 0.1) is 10.4 Å². The fourth-order valence-corrected chi connectivity index (χ4v) is 6.15. The molecule has 0 aliphatic carbocycles. The number of carbonyl (C=O) groups excluding carboxylic acids is 1. The first kappa shape index (κ1) is 29.6. The van der Waals surface area contributed by atoms with E-state index < -0.39 is 11.9 Å². The van der Waals surface area contributed by atoms with Crippen LogP contribution in [0.4, 0.5) is 24.1 Å². The van der Waals surface area contributed by atoms with Crippen LogP contribution in [0.3, 0.4) is 0 Å². The van der Waals surface area contributed by atoms with Crippen molar-refractivity contribution in [2.24, 2.45) is 5.92 Å². The van der Waals surface area contributed by atoms with Gasteiger partial charge in [-0.3, -0.25) is 9.69 Å². The number of hydrogen-bond donors (Lipinski definition) is 2. The number of pyridine rings is 1. The molecule has 13 heteroatoms. The third-order valence-corrected chi connectivity index (χ3v) is 7.87. The van der Waals surface area contributed by atoms with Crippen molar-refractivity contribution in [3.8, 4) is 22.9 Å². The van der Waals surface area contributed by atoms with Gasteiger partial charge in [0.15, 0.2) is 10.9 Å². The Morgan fingerprint density at radius 1 is 1.17 bits per heavy atom. The molecular weight excluding hydrogens is 567 g/mol. The molecule has 0 spiro atoms. The summed E-state index contributed by atoms with van der Waals surface area (Å²) < 4.78 is 47.9. The van der Waals surface area contributed by atoms with Gasteiger partial charge in [-0.25, -0.2) is 19.9 Å². The van der Waals surface area contributed by atoms with Crippen molar-refractivity contribution in [1.29, 1.82) is 0 Å². The fraction of sp³-hybridized carbons (Fsp3) is 0.414. The summed E-state index contributed by atoms with van der Waals surface area (Å²) in [6.07, 6.45) is -1.32. The number of alkyl halides is 3. The van der Waals surface area contributed by atoms with Gasteiger partial charge in [-0.05, 0) is 56.5 Å².